The predicted octanol–water partition coefficient (Wildman–Crippen LogP) is 3.24. The van der Waals surface area contributed by atoms with Crippen molar-refractivity contribution in [3.8, 4) is 0 Å². The van der Waals surface area contributed by atoms with Crippen molar-refractivity contribution in [3.05, 3.63) is 59.2 Å². The molecule has 0 aliphatic heterocycles. The Hall–Kier alpha value is -3.01. The van der Waals surface area contributed by atoms with Crippen molar-refractivity contribution < 1.29 is 31.5 Å². The van der Waals surface area contributed by atoms with Crippen LogP contribution in [0.25, 0.3) is 0 Å². The highest BCUT2D eigenvalue weighted by atomic mass is 32.2. The van der Waals surface area contributed by atoms with Gasteiger partial charge in [0.2, 0.25) is 15.9 Å². The number of amides is 1. The molecule has 2 rings (SSSR count). The van der Waals surface area contributed by atoms with Crippen molar-refractivity contribution in [2.75, 3.05) is 22.5 Å². The van der Waals surface area contributed by atoms with Gasteiger partial charge in [-0.15, -0.1) is 0 Å². The largest absolute Gasteiger partial charge is 0.462 e. The Morgan fingerprint density at radius 3 is 2.37 bits per heavy atom. The standard InChI is InChI=1S/C20H22F2N2O5S/c1-5-29-20(26)14-7-6-12(2)18(10-14)23-19(25)13(3)24(30(4,27)28)15-8-9-16(21)17(22)11-15/h6-11,13H,5H2,1-4H3,(H,23,25)/t13-/m0/s1. The van der Waals surface area contributed by atoms with Crippen LogP contribution >= 0.6 is 0 Å². The Balaban J connectivity index is 2.35. The minimum atomic E-state index is -4.01. The molecule has 0 fully saturated rings. The zero-order valence-electron chi connectivity index (χ0n) is 16.9. The Kier molecular flexibility index (Phi) is 7.14. The minimum Gasteiger partial charge on any atom is -0.462 e. The number of anilines is 2. The zero-order valence-corrected chi connectivity index (χ0v) is 17.7. The average Bonchev–Trinajstić information content (AvgIpc) is 2.65. The molecule has 7 nitrogen and oxygen atoms in total. The van der Waals surface area contributed by atoms with Gasteiger partial charge >= 0.3 is 5.97 Å². The maximum absolute atomic E-state index is 13.6. The molecule has 1 atom stereocenters. The van der Waals surface area contributed by atoms with Crippen LogP contribution in [0.3, 0.4) is 0 Å². The fraction of sp³-hybridized carbons (Fsp3) is 0.300. The Morgan fingerprint density at radius 1 is 1.13 bits per heavy atom. The first-order valence-electron chi connectivity index (χ1n) is 8.98. The Labute approximate surface area is 173 Å². The number of hydrogen-bond donors (Lipinski definition) is 1. The first kappa shape index (κ1) is 23.3. The molecular weight excluding hydrogens is 418 g/mol. The van der Waals surface area contributed by atoms with E-state index in [1.165, 1.54) is 19.1 Å². The molecular formula is C20H22F2N2O5S. The molecule has 0 heterocycles. The van der Waals surface area contributed by atoms with Crippen molar-refractivity contribution in [1.82, 2.24) is 0 Å². The summed E-state index contributed by atoms with van der Waals surface area (Å²) in [5.74, 6) is -3.68. The molecule has 0 spiro atoms. The Bertz CT molecular complexity index is 1070. The minimum absolute atomic E-state index is 0.184. The molecule has 0 bridgehead atoms. The van der Waals surface area contributed by atoms with Crippen LogP contribution in [0.15, 0.2) is 36.4 Å². The number of benzene rings is 2. The van der Waals surface area contributed by atoms with Crippen LogP contribution in [0.2, 0.25) is 0 Å². The van der Waals surface area contributed by atoms with E-state index in [2.05, 4.69) is 5.32 Å². The fourth-order valence-corrected chi connectivity index (χ4v) is 3.93. The second kappa shape index (κ2) is 9.21. The van der Waals surface area contributed by atoms with E-state index >= 15 is 0 Å². The number of carbonyl (C=O) groups is 2. The average molecular weight is 440 g/mol. The lowest BCUT2D eigenvalue weighted by Crippen LogP contribution is -2.45. The summed E-state index contributed by atoms with van der Waals surface area (Å²) in [7, 11) is -4.01. The normalized spacial score (nSPS) is 12.2. The highest BCUT2D eigenvalue weighted by Gasteiger charge is 2.30. The summed E-state index contributed by atoms with van der Waals surface area (Å²) in [6, 6.07) is 5.81. The van der Waals surface area contributed by atoms with Crippen LogP contribution in [-0.2, 0) is 19.6 Å². The third kappa shape index (κ3) is 5.32. The summed E-state index contributed by atoms with van der Waals surface area (Å²) in [4.78, 5) is 24.7. The van der Waals surface area contributed by atoms with Crippen LogP contribution < -0.4 is 9.62 Å². The van der Waals surface area contributed by atoms with Crippen molar-refractivity contribution in [2.45, 2.75) is 26.8 Å². The number of hydrogen-bond acceptors (Lipinski definition) is 5. The van der Waals surface area contributed by atoms with Crippen molar-refractivity contribution >= 4 is 33.3 Å². The third-order valence-corrected chi connectivity index (χ3v) is 5.49. The number of nitrogens with zero attached hydrogens (tertiary/aromatic N) is 1. The zero-order chi connectivity index (χ0) is 22.6. The van der Waals surface area contributed by atoms with Crippen LogP contribution in [-0.4, -0.2) is 39.2 Å². The number of carbonyl (C=O) groups excluding carboxylic acids is 2. The van der Waals surface area contributed by atoms with Gasteiger partial charge < -0.3 is 10.1 Å². The van der Waals surface area contributed by atoms with Crippen LogP contribution in [0, 0.1) is 18.6 Å². The quantitative estimate of drug-likeness (QED) is 0.668. The fourth-order valence-electron chi connectivity index (χ4n) is 2.77. The summed E-state index contributed by atoms with van der Waals surface area (Å²) in [6.07, 6.45) is 0.852. The first-order valence-corrected chi connectivity index (χ1v) is 10.8. The van der Waals surface area contributed by atoms with E-state index in [0.29, 0.717) is 15.9 Å². The number of esters is 1. The number of aryl methyl sites for hydroxylation is 1. The summed E-state index contributed by atoms with van der Waals surface area (Å²) in [6.45, 7) is 4.85. The second-order valence-electron chi connectivity index (χ2n) is 6.57. The summed E-state index contributed by atoms with van der Waals surface area (Å²) in [5.41, 5.74) is 0.931. The van der Waals surface area contributed by atoms with Crippen LogP contribution in [0.1, 0.15) is 29.8 Å². The molecule has 162 valence electrons. The van der Waals surface area contributed by atoms with E-state index in [1.807, 2.05) is 0 Å². The van der Waals surface area contributed by atoms with E-state index in [-0.39, 0.29) is 23.5 Å². The lowest BCUT2D eigenvalue weighted by molar-refractivity contribution is -0.116. The predicted molar refractivity (Wildman–Crippen MR) is 109 cm³/mol. The lowest BCUT2D eigenvalue weighted by atomic mass is 10.1. The summed E-state index contributed by atoms with van der Waals surface area (Å²) in [5, 5.41) is 2.58. The van der Waals surface area contributed by atoms with Crippen molar-refractivity contribution in [2.24, 2.45) is 0 Å². The molecule has 10 heteroatoms. The maximum Gasteiger partial charge on any atom is 0.338 e. The lowest BCUT2D eigenvalue weighted by Gasteiger charge is -2.28. The maximum atomic E-state index is 13.6. The monoisotopic (exact) mass is 440 g/mol. The molecule has 2 aromatic carbocycles. The van der Waals surface area contributed by atoms with Crippen LogP contribution in [0.5, 0.6) is 0 Å². The van der Waals surface area contributed by atoms with E-state index in [9.17, 15) is 26.8 Å². The third-order valence-electron chi connectivity index (χ3n) is 4.25. The number of halogens is 2. The molecule has 0 aromatic heterocycles. The molecule has 1 N–H and O–H groups in total. The molecule has 1 amide bonds. The highest BCUT2D eigenvalue weighted by molar-refractivity contribution is 7.92. The van der Waals surface area contributed by atoms with E-state index in [0.717, 1.165) is 18.4 Å². The smallest absolute Gasteiger partial charge is 0.338 e. The van der Waals surface area contributed by atoms with Gasteiger partial charge in [-0.05, 0) is 50.6 Å². The second-order valence-corrected chi connectivity index (χ2v) is 8.43. The first-order chi connectivity index (χ1) is 14.0. The molecule has 0 radical (unpaired) electrons. The summed E-state index contributed by atoms with van der Waals surface area (Å²) >= 11 is 0. The molecule has 0 saturated carbocycles. The molecule has 0 aliphatic carbocycles. The van der Waals surface area contributed by atoms with Gasteiger partial charge in [-0.2, -0.15) is 0 Å². The molecule has 2 aromatic rings. The van der Waals surface area contributed by atoms with Gasteiger partial charge in [0.1, 0.15) is 6.04 Å². The number of ether oxygens (including phenoxy) is 1. The van der Waals surface area contributed by atoms with Gasteiger partial charge in [-0.25, -0.2) is 22.0 Å². The number of nitrogens with one attached hydrogen (secondary N) is 1. The Morgan fingerprint density at radius 2 is 1.80 bits per heavy atom. The topological polar surface area (TPSA) is 92.8 Å². The highest BCUT2D eigenvalue weighted by Crippen LogP contribution is 2.24. The van der Waals surface area contributed by atoms with Gasteiger partial charge in [0.25, 0.3) is 0 Å². The molecule has 30 heavy (non-hydrogen) atoms. The van der Waals surface area contributed by atoms with Crippen molar-refractivity contribution in [1.29, 1.82) is 0 Å². The van der Waals surface area contributed by atoms with Crippen molar-refractivity contribution in [3.63, 3.8) is 0 Å². The van der Waals surface area contributed by atoms with E-state index in [1.54, 1.807) is 19.9 Å². The van der Waals surface area contributed by atoms with Gasteiger partial charge in [-0.1, -0.05) is 6.07 Å². The van der Waals surface area contributed by atoms with Gasteiger partial charge in [0.15, 0.2) is 11.6 Å². The van der Waals surface area contributed by atoms with Crippen LogP contribution in [0.4, 0.5) is 20.2 Å². The SMILES string of the molecule is CCOC(=O)c1ccc(C)c(NC(=O)[C@H](C)N(c2ccc(F)c(F)c2)S(C)(=O)=O)c1. The number of rotatable bonds is 7. The molecule has 0 saturated heterocycles. The van der Waals surface area contributed by atoms with E-state index in [4.69, 9.17) is 4.74 Å². The van der Waals surface area contributed by atoms with Gasteiger partial charge in [0, 0.05) is 11.8 Å². The molecule has 0 aliphatic rings. The van der Waals surface area contributed by atoms with E-state index < -0.39 is 39.6 Å². The number of sulfonamides is 1. The van der Waals surface area contributed by atoms with Gasteiger partial charge in [-0.3, -0.25) is 9.10 Å². The summed E-state index contributed by atoms with van der Waals surface area (Å²) < 4.78 is 57.1. The molecule has 0 unspecified atom stereocenters. The van der Waals surface area contributed by atoms with Gasteiger partial charge in [0.05, 0.1) is 24.1 Å².